The van der Waals surface area contributed by atoms with Gasteiger partial charge in [-0.3, -0.25) is 0 Å². The molecule has 1 amide bonds. The molecule has 1 atom stereocenters. The van der Waals surface area contributed by atoms with Gasteiger partial charge in [0.05, 0.1) is 19.0 Å². The zero-order chi connectivity index (χ0) is 27.7. The molecule has 210 valence electrons. The van der Waals surface area contributed by atoms with Gasteiger partial charge in [-0.05, 0) is 33.3 Å². The number of sulfonamides is 1. The summed E-state index contributed by atoms with van der Waals surface area (Å²) in [5.41, 5.74) is -2.30. The average Bonchev–Trinajstić information content (AvgIpc) is 2.80. The lowest BCUT2D eigenvalue weighted by Crippen LogP contribution is -2.57. The van der Waals surface area contributed by atoms with Gasteiger partial charge in [0.1, 0.15) is 23.7 Å². The molecule has 0 aliphatic carbocycles. The Morgan fingerprint density at radius 2 is 1.86 bits per heavy atom. The fourth-order valence-electron chi connectivity index (χ4n) is 3.68. The van der Waals surface area contributed by atoms with E-state index in [2.05, 4.69) is 0 Å². The molecule has 0 saturated heterocycles. The largest absolute Gasteiger partial charge is 0.443 e. The number of amides is 1. The summed E-state index contributed by atoms with van der Waals surface area (Å²) in [5, 5.41) is 0. The molecular weight excluding hydrogens is 505 g/mol. The zero-order valence-electron chi connectivity index (χ0n) is 22.7. The summed E-state index contributed by atoms with van der Waals surface area (Å²) in [6.45, 7) is 7.80. The summed E-state index contributed by atoms with van der Waals surface area (Å²) in [5.74, 6) is -1.32. The zero-order valence-corrected chi connectivity index (χ0v) is 23.5. The van der Waals surface area contributed by atoms with Crippen molar-refractivity contribution in [2.75, 3.05) is 53.1 Å². The second-order valence-corrected chi connectivity index (χ2v) is 11.8. The molecule has 37 heavy (non-hydrogen) atoms. The maximum Gasteiger partial charge on any atom is 0.419 e. The van der Waals surface area contributed by atoms with Crippen LogP contribution in [-0.2, 0) is 34.5 Å². The van der Waals surface area contributed by atoms with E-state index in [1.807, 2.05) is 6.92 Å². The van der Waals surface area contributed by atoms with Crippen LogP contribution in [0.3, 0.4) is 0 Å². The predicted octanol–water partition coefficient (Wildman–Crippen LogP) is 3.72. The molecule has 1 aliphatic heterocycles. The van der Waals surface area contributed by atoms with Crippen LogP contribution in [0, 0.1) is 5.82 Å². The van der Waals surface area contributed by atoms with Crippen molar-refractivity contribution in [1.82, 2.24) is 9.21 Å². The van der Waals surface area contributed by atoms with Crippen LogP contribution in [0.4, 0.5) is 9.18 Å². The maximum atomic E-state index is 15.1. The Kier molecular flexibility index (Phi) is 11.3. The minimum absolute atomic E-state index is 0.0842. The molecule has 1 unspecified atom stereocenters. The number of rotatable bonds is 12. The molecule has 1 aromatic carbocycles. The van der Waals surface area contributed by atoms with Crippen molar-refractivity contribution in [2.45, 2.75) is 58.1 Å². The molecule has 0 saturated carbocycles. The topological polar surface area (TPSA) is 107 Å². The summed E-state index contributed by atoms with van der Waals surface area (Å²) in [7, 11) is -1.24. The molecule has 0 bridgehead atoms. The van der Waals surface area contributed by atoms with Crippen LogP contribution in [0.2, 0.25) is 0 Å². The highest BCUT2D eigenvalue weighted by Gasteiger charge is 2.48. The van der Waals surface area contributed by atoms with Crippen LogP contribution in [0.5, 0.6) is 0 Å². The van der Waals surface area contributed by atoms with Gasteiger partial charge in [-0.2, -0.15) is 0 Å². The number of carbonyl (C=O) groups excluding carboxylic acids is 1. The van der Waals surface area contributed by atoms with Gasteiger partial charge in [0.25, 0.3) is 0 Å². The van der Waals surface area contributed by atoms with E-state index in [-0.39, 0.29) is 44.5 Å². The Morgan fingerprint density at radius 3 is 2.49 bits per heavy atom. The Labute approximate surface area is 219 Å². The van der Waals surface area contributed by atoms with E-state index < -0.39 is 38.8 Å². The number of aliphatic imine (C=N–C) groups is 1. The van der Waals surface area contributed by atoms with Gasteiger partial charge in [-0.25, -0.2) is 31.8 Å². The van der Waals surface area contributed by atoms with E-state index in [0.29, 0.717) is 6.61 Å². The van der Waals surface area contributed by atoms with Gasteiger partial charge in [-0.1, -0.05) is 31.5 Å². The summed E-state index contributed by atoms with van der Waals surface area (Å²) < 4.78 is 64.8. The van der Waals surface area contributed by atoms with E-state index in [1.165, 1.54) is 32.4 Å². The average molecular weight is 546 g/mol. The molecule has 0 fully saturated rings. The standard InChI is InChI=1S/C25H40FN3O7S/c1-7-8-14-34-15-13-25(20-11-9-10-12-21(20)26)18-37(31,32)28(5)22(27-25)29(19-35-17-16-33-6)23(30)36-24(2,3)4/h9-12H,7-8,13-19H2,1-6H3. The van der Waals surface area contributed by atoms with Crippen molar-refractivity contribution in [1.29, 1.82) is 0 Å². The number of hydrogen-bond acceptors (Lipinski definition) is 8. The van der Waals surface area contributed by atoms with E-state index in [0.717, 1.165) is 22.0 Å². The second kappa shape index (κ2) is 13.5. The normalized spacial score (nSPS) is 19.4. The smallest absolute Gasteiger partial charge is 0.419 e. The van der Waals surface area contributed by atoms with Gasteiger partial charge < -0.3 is 18.9 Å². The fraction of sp³-hybridized carbons (Fsp3) is 0.680. The van der Waals surface area contributed by atoms with Crippen molar-refractivity contribution in [3.05, 3.63) is 35.6 Å². The predicted molar refractivity (Wildman–Crippen MR) is 138 cm³/mol. The van der Waals surface area contributed by atoms with Gasteiger partial charge >= 0.3 is 6.09 Å². The number of halogens is 1. The van der Waals surface area contributed by atoms with Crippen LogP contribution >= 0.6 is 0 Å². The van der Waals surface area contributed by atoms with Crippen molar-refractivity contribution in [3.63, 3.8) is 0 Å². The first-order valence-electron chi connectivity index (χ1n) is 12.3. The molecule has 2 rings (SSSR count). The van der Waals surface area contributed by atoms with Crippen LogP contribution in [0.15, 0.2) is 29.3 Å². The third kappa shape index (κ3) is 8.62. The molecule has 0 radical (unpaired) electrons. The van der Waals surface area contributed by atoms with Crippen LogP contribution in [0.25, 0.3) is 0 Å². The lowest BCUT2D eigenvalue weighted by Gasteiger charge is -2.41. The summed E-state index contributed by atoms with van der Waals surface area (Å²) in [6.07, 6.45) is 1.01. The Bertz CT molecular complexity index is 1030. The highest BCUT2D eigenvalue weighted by atomic mass is 32.2. The molecule has 1 aromatic rings. The summed E-state index contributed by atoms with van der Waals surface area (Å²) in [4.78, 5) is 19.0. The van der Waals surface area contributed by atoms with Crippen molar-refractivity contribution in [2.24, 2.45) is 4.99 Å². The van der Waals surface area contributed by atoms with Crippen molar-refractivity contribution in [3.8, 4) is 0 Å². The van der Waals surface area contributed by atoms with Crippen LogP contribution in [-0.4, -0.2) is 88.3 Å². The highest BCUT2D eigenvalue weighted by Crippen LogP contribution is 2.38. The number of nitrogens with zero attached hydrogens (tertiary/aromatic N) is 3. The number of methoxy groups -OCH3 is 1. The molecule has 0 spiro atoms. The molecule has 0 N–H and O–H groups in total. The number of ether oxygens (including phenoxy) is 4. The number of guanidine groups is 1. The first kappa shape index (κ1) is 30.9. The van der Waals surface area contributed by atoms with Gasteiger partial charge in [-0.15, -0.1) is 0 Å². The molecule has 1 heterocycles. The van der Waals surface area contributed by atoms with Gasteiger partial charge in [0, 0.05) is 39.4 Å². The van der Waals surface area contributed by atoms with Crippen LogP contribution in [0.1, 0.15) is 52.5 Å². The van der Waals surface area contributed by atoms with E-state index in [4.69, 9.17) is 23.9 Å². The minimum Gasteiger partial charge on any atom is -0.443 e. The molecule has 1 aliphatic rings. The fourth-order valence-corrected chi connectivity index (χ4v) is 5.23. The molecule has 10 nitrogen and oxygen atoms in total. The Hall–Kier alpha value is -2.28. The van der Waals surface area contributed by atoms with E-state index in [1.54, 1.807) is 26.8 Å². The van der Waals surface area contributed by atoms with Crippen LogP contribution < -0.4 is 0 Å². The third-order valence-electron chi connectivity index (χ3n) is 5.62. The Balaban J connectivity index is 2.61. The van der Waals surface area contributed by atoms with Gasteiger partial charge in [0.2, 0.25) is 16.0 Å². The first-order valence-corrected chi connectivity index (χ1v) is 13.9. The SMILES string of the molecule is CCCCOCCC1(c2ccccc2F)CS(=O)(=O)N(C)C(N(COCCOC)C(=O)OC(C)(C)C)=N1. The number of unbranched alkanes of at least 4 members (excludes halogenated alkanes) is 1. The lowest BCUT2D eigenvalue weighted by atomic mass is 9.88. The molecular formula is C25H40FN3O7S. The number of hydrogen-bond donors (Lipinski definition) is 0. The van der Waals surface area contributed by atoms with Crippen molar-refractivity contribution >= 4 is 22.1 Å². The van der Waals surface area contributed by atoms with E-state index >= 15 is 4.39 Å². The summed E-state index contributed by atoms with van der Waals surface area (Å²) in [6, 6.07) is 5.91. The maximum absolute atomic E-state index is 15.1. The van der Waals surface area contributed by atoms with E-state index in [9.17, 15) is 13.2 Å². The quantitative estimate of drug-likeness (QED) is 0.291. The minimum atomic E-state index is -4.04. The monoisotopic (exact) mass is 545 g/mol. The molecule has 12 heteroatoms. The second-order valence-electron chi connectivity index (χ2n) is 9.80. The highest BCUT2D eigenvalue weighted by molar-refractivity contribution is 7.89. The first-order chi connectivity index (χ1) is 17.4. The van der Waals surface area contributed by atoms with Gasteiger partial charge in [0.15, 0.2) is 0 Å². The summed E-state index contributed by atoms with van der Waals surface area (Å²) >= 11 is 0. The number of carbonyl (C=O) groups is 1. The number of benzene rings is 1. The lowest BCUT2D eigenvalue weighted by molar-refractivity contribution is -0.00424. The Morgan fingerprint density at radius 1 is 1.16 bits per heavy atom. The molecule has 0 aromatic heterocycles. The third-order valence-corrected chi connectivity index (χ3v) is 7.46. The van der Waals surface area contributed by atoms with Crippen molar-refractivity contribution < 1.29 is 36.6 Å².